The highest BCUT2D eigenvalue weighted by Crippen LogP contribution is 2.72. The first-order valence-electron chi connectivity index (χ1n) is 14.5. The van der Waals surface area contributed by atoms with Gasteiger partial charge in [0.15, 0.2) is 22.5 Å². The smallest absolute Gasteiger partial charge is 0.339 e. The Morgan fingerprint density at radius 3 is 2.79 bits per heavy atom. The lowest BCUT2D eigenvalue weighted by molar-refractivity contribution is -0.220. The molecule has 42 heavy (non-hydrogen) atoms. The average molecular weight is 582 g/mol. The van der Waals surface area contributed by atoms with Gasteiger partial charge in [-0.15, -0.1) is 0 Å². The van der Waals surface area contributed by atoms with Crippen molar-refractivity contribution in [2.45, 2.75) is 71.3 Å². The molecule has 6 rings (SSSR count). The summed E-state index contributed by atoms with van der Waals surface area (Å²) in [4.78, 5) is 48.5. The average Bonchev–Trinajstić information content (AvgIpc) is 3.47. The summed E-state index contributed by atoms with van der Waals surface area (Å²) in [6.45, 7) is 6.59. The minimum Gasteiger partial charge on any atom is -0.461 e. The molecule has 12 nitrogen and oxygen atoms in total. The maximum absolute atomic E-state index is 13.8. The molecular weight excluding hydrogens is 542 g/mol. The minimum atomic E-state index is -1.20. The molecule has 0 unspecified atom stereocenters. The first-order chi connectivity index (χ1) is 19.9. The van der Waals surface area contributed by atoms with Gasteiger partial charge in [-0.3, -0.25) is 19.1 Å². The van der Waals surface area contributed by atoms with E-state index in [0.29, 0.717) is 18.5 Å². The molecule has 3 fully saturated rings. The van der Waals surface area contributed by atoms with E-state index in [0.717, 1.165) is 24.8 Å². The van der Waals surface area contributed by atoms with E-state index in [9.17, 15) is 19.5 Å². The summed E-state index contributed by atoms with van der Waals surface area (Å²) in [5, 5.41) is 11.8. The molecule has 0 aromatic carbocycles. The number of aromatic nitrogens is 4. The molecule has 12 heteroatoms. The SMILES string of the molecule is CO[C@]1(C(=O)OCCOCn2cnc3c(=O)[nH]c(N)nc32)CC[C@H]2[C@]3(C)CCC4=CC(=O)C=C[C@]4(C)[C@H]3[C@@H](O)C[C@@]21C. The van der Waals surface area contributed by atoms with Gasteiger partial charge in [-0.25, -0.2) is 9.78 Å². The fourth-order valence-electron chi connectivity index (χ4n) is 9.30. The molecule has 4 aliphatic rings. The third-order valence-corrected chi connectivity index (χ3v) is 11.0. The van der Waals surface area contributed by atoms with Crippen molar-refractivity contribution in [1.29, 1.82) is 0 Å². The number of methoxy groups -OCH3 is 1. The first-order valence-corrected chi connectivity index (χ1v) is 14.5. The van der Waals surface area contributed by atoms with Gasteiger partial charge in [0.25, 0.3) is 5.56 Å². The maximum Gasteiger partial charge on any atom is 0.339 e. The highest BCUT2D eigenvalue weighted by atomic mass is 16.6. The van der Waals surface area contributed by atoms with Crippen LogP contribution in [0.1, 0.15) is 52.9 Å². The number of hydrogen-bond acceptors (Lipinski definition) is 10. The van der Waals surface area contributed by atoms with E-state index < -0.39 is 34.1 Å². The number of aromatic amines is 1. The van der Waals surface area contributed by atoms with Gasteiger partial charge in [0, 0.05) is 23.9 Å². The molecule has 2 heterocycles. The standard InChI is InChI=1S/C30H39N5O7/c1-27-9-6-18(36)13-17(27)5-8-28(2)20-7-10-30(40-4,29(20,3)14-19(37)22(27)28)25(39)42-12-11-41-16-35-15-32-21-23(35)33-26(31)34-24(21)38/h6,9,13,15,19-20,22,37H,5,7-8,10-12,14,16H2,1-4H3,(H3,31,33,34,38)/t19-,20-,22+,27-,28-,29-,30-/m0/s1. The summed E-state index contributed by atoms with van der Waals surface area (Å²) in [5.41, 5.74) is 4.23. The topological polar surface area (TPSA) is 172 Å². The number of fused-ring (bicyclic) bond motifs is 6. The molecule has 4 aliphatic carbocycles. The van der Waals surface area contributed by atoms with Crippen LogP contribution in [0.3, 0.4) is 0 Å². The molecule has 0 radical (unpaired) electrons. The lowest BCUT2D eigenvalue weighted by atomic mass is 9.40. The molecule has 0 spiro atoms. The van der Waals surface area contributed by atoms with Crippen LogP contribution in [0.15, 0.2) is 34.9 Å². The lowest BCUT2D eigenvalue weighted by Crippen LogP contribution is -2.65. The van der Waals surface area contributed by atoms with E-state index in [4.69, 9.17) is 19.9 Å². The Balaban J connectivity index is 1.15. The number of imidazole rings is 1. The third kappa shape index (κ3) is 3.95. The Bertz CT molecular complexity index is 1560. The Hall–Kier alpha value is -3.35. The number of nitrogens with one attached hydrogen (secondary N) is 1. The van der Waals surface area contributed by atoms with E-state index in [-0.39, 0.29) is 54.4 Å². The fourth-order valence-corrected chi connectivity index (χ4v) is 9.30. The number of rotatable bonds is 7. The molecule has 0 saturated heterocycles. The summed E-state index contributed by atoms with van der Waals surface area (Å²) >= 11 is 0. The second kappa shape index (κ2) is 9.85. The van der Waals surface area contributed by atoms with Crippen LogP contribution in [0.2, 0.25) is 0 Å². The minimum absolute atomic E-state index is 0.000958. The normalized spacial score (nSPS) is 37.2. The van der Waals surface area contributed by atoms with E-state index in [1.807, 2.05) is 6.08 Å². The van der Waals surface area contributed by atoms with Crippen LogP contribution in [-0.2, 0) is 30.5 Å². The van der Waals surface area contributed by atoms with Crippen molar-refractivity contribution in [2.75, 3.05) is 26.1 Å². The number of nitrogens with zero attached hydrogens (tertiary/aromatic N) is 3. The number of carbonyl (C=O) groups excluding carboxylic acids is 2. The van der Waals surface area contributed by atoms with Crippen molar-refractivity contribution in [3.05, 3.63) is 40.5 Å². The molecule has 226 valence electrons. The molecule has 2 aromatic rings. The third-order valence-electron chi connectivity index (χ3n) is 11.0. The number of anilines is 1. The monoisotopic (exact) mass is 581 g/mol. The number of carbonyl (C=O) groups is 2. The van der Waals surface area contributed by atoms with Gasteiger partial charge in [-0.2, -0.15) is 4.98 Å². The Labute approximate surface area is 243 Å². The molecule has 3 saturated carbocycles. The first kappa shape index (κ1) is 28.8. The zero-order chi connectivity index (χ0) is 30.1. The lowest BCUT2D eigenvalue weighted by Gasteiger charge is -2.64. The van der Waals surface area contributed by atoms with Crippen LogP contribution in [0, 0.1) is 28.1 Å². The van der Waals surface area contributed by atoms with Gasteiger partial charge in [0.2, 0.25) is 5.95 Å². The van der Waals surface area contributed by atoms with Crippen LogP contribution in [-0.4, -0.2) is 68.4 Å². The summed E-state index contributed by atoms with van der Waals surface area (Å²) in [7, 11) is 1.55. The van der Waals surface area contributed by atoms with Crippen LogP contribution in [0.5, 0.6) is 0 Å². The molecule has 2 aromatic heterocycles. The predicted octanol–water partition coefficient (Wildman–Crippen LogP) is 2.27. The van der Waals surface area contributed by atoms with Crippen molar-refractivity contribution >= 4 is 28.9 Å². The Kier molecular flexibility index (Phi) is 6.74. The van der Waals surface area contributed by atoms with Gasteiger partial charge in [-0.05, 0) is 55.6 Å². The second-order valence-electron chi connectivity index (χ2n) is 13.0. The maximum atomic E-state index is 13.8. The summed E-state index contributed by atoms with van der Waals surface area (Å²) in [5.74, 6) is -0.433. The van der Waals surface area contributed by atoms with Gasteiger partial charge in [-0.1, -0.05) is 32.4 Å². The van der Waals surface area contributed by atoms with Crippen molar-refractivity contribution in [3.8, 4) is 0 Å². The summed E-state index contributed by atoms with van der Waals surface area (Å²) in [6, 6.07) is 0. The fraction of sp³-hybridized carbons (Fsp3) is 0.633. The van der Waals surface area contributed by atoms with E-state index in [1.165, 1.54) is 6.33 Å². The summed E-state index contributed by atoms with van der Waals surface area (Å²) in [6.07, 6.45) is 9.38. The number of nitrogen functional groups attached to an aromatic ring is 1. The molecule has 7 atom stereocenters. The number of aliphatic hydroxyl groups excluding tert-OH is 1. The van der Waals surface area contributed by atoms with E-state index in [1.54, 1.807) is 23.8 Å². The number of ether oxygens (including phenoxy) is 3. The molecule has 0 amide bonds. The molecule has 0 aliphatic heterocycles. The van der Waals surface area contributed by atoms with Crippen molar-refractivity contribution < 1.29 is 28.9 Å². The number of H-pyrrole nitrogens is 1. The zero-order valence-electron chi connectivity index (χ0n) is 24.5. The zero-order valence-corrected chi connectivity index (χ0v) is 24.5. The van der Waals surface area contributed by atoms with Crippen LogP contribution in [0.25, 0.3) is 11.2 Å². The highest BCUT2D eigenvalue weighted by Gasteiger charge is 2.73. The van der Waals surface area contributed by atoms with Crippen molar-refractivity contribution in [3.63, 3.8) is 0 Å². The van der Waals surface area contributed by atoms with Crippen LogP contribution in [0.4, 0.5) is 5.95 Å². The number of hydrogen-bond donors (Lipinski definition) is 3. The Morgan fingerprint density at radius 1 is 1.24 bits per heavy atom. The largest absolute Gasteiger partial charge is 0.461 e. The molecule has 0 bridgehead atoms. The van der Waals surface area contributed by atoms with Crippen LogP contribution >= 0.6 is 0 Å². The molecular formula is C30H39N5O7. The van der Waals surface area contributed by atoms with E-state index in [2.05, 4.69) is 35.7 Å². The van der Waals surface area contributed by atoms with Gasteiger partial charge >= 0.3 is 5.97 Å². The van der Waals surface area contributed by atoms with E-state index >= 15 is 0 Å². The van der Waals surface area contributed by atoms with Gasteiger partial charge < -0.3 is 25.1 Å². The molecule has 4 N–H and O–H groups in total. The predicted molar refractivity (Wildman–Crippen MR) is 152 cm³/mol. The van der Waals surface area contributed by atoms with Crippen LogP contribution < -0.4 is 11.3 Å². The number of ketones is 1. The quantitative estimate of drug-likeness (QED) is 0.325. The van der Waals surface area contributed by atoms with Crippen molar-refractivity contribution in [1.82, 2.24) is 19.5 Å². The summed E-state index contributed by atoms with van der Waals surface area (Å²) < 4.78 is 19.1. The number of nitrogens with two attached hydrogens (primary N) is 1. The number of esters is 1. The highest BCUT2D eigenvalue weighted by molar-refractivity contribution is 6.01. The van der Waals surface area contributed by atoms with Crippen molar-refractivity contribution in [2.24, 2.45) is 28.1 Å². The van der Waals surface area contributed by atoms with Gasteiger partial charge in [0.05, 0.1) is 19.0 Å². The number of allylic oxidation sites excluding steroid dienone is 4. The van der Waals surface area contributed by atoms with Gasteiger partial charge in [0.1, 0.15) is 13.3 Å². The second-order valence-corrected chi connectivity index (χ2v) is 13.0. The Morgan fingerprint density at radius 2 is 2.02 bits per heavy atom. The number of aliphatic hydroxyl groups is 1.